The second-order valence-corrected chi connectivity index (χ2v) is 44.5. The predicted octanol–water partition coefficient (Wildman–Crippen LogP) is 39.4. The first-order valence-corrected chi connectivity index (χ1v) is 51.3. The molecule has 0 aliphatic rings. The Morgan fingerprint density at radius 3 is 0.916 bits per heavy atom. The standard InChI is InChI=1S/C28H26N2.2C22H21NO.2C22H21NS.C16H19N/c1-28(2,3)30(22-14-8-5-9-15-22)23-18-19-27-25(20-23)24-16-10-11-17-26(24)29(27)21-12-6-4-7-13-21;1-22(2,3)23(16-10-5-4-6-11-16)19-14-9-13-18-17-12-7-8-15-20(17)24-21(18)19;1-22(2,3)23(16-9-5-4-6-10-16)17-13-14-21-19(15-17)18-11-7-8-12-20(18)24-21;1-22(2,3)23(16-10-5-4-6-11-16)19-14-9-13-18-17-12-7-8-15-20(17)24-21(18)19;1-22(2,3)23(16-9-5-4-6-10-16)17-13-14-21-19(15-17)18-11-7-8-12-20(18)24-21;1-16(2,3)17(14-10-6-4-7-11-14)15-12-8-5-9-13-15/h4-20H,1-3H3;4*4-15H,1-3H3;4-13H,1-3H3. The fourth-order valence-corrected chi connectivity index (χ4v) is 22.3. The average molecular weight is 1910 g/mol. The third kappa shape index (κ3) is 21.5. The minimum Gasteiger partial charge on any atom is -0.456 e. The monoisotopic (exact) mass is 1910 g/mol. The molecule has 5 heterocycles. The number of nitrogens with zero attached hydrogens (tertiary/aromatic N) is 7. The molecule has 5 aromatic heterocycles. The summed E-state index contributed by atoms with van der Waals surface area (Å²) in [7, 11) is 0. The summed E-state index contributed by atoms with van der Waals surface area (Å²) >= 11 is 3.75. The van der Waals surface area contributed by atoms with Crippen molar-refractivity contribution in [2.24, 2.45) is 0 Å². The number of rotatable bonds is 13. The summed E-state index contributed by atoms with van der Waals surface area (Å²) < 4.78 is 20.0. The molecule has 0 atom stereocenters. The Morgan fingerprint density at radius 2 is 0.469 bits per heavy atom. The first-order chi connectivity index (χ1) is 68.8. The molecule has 11 heteroatoms. The van der Waals surface area contributed by atoms with Gasteiger partial charge in [0.25, 0.3) is 0 Å². The van der Waals surface area contributed by atoms with Crippen molar-refractivity contribution in [2.75, 3.05) is 29.4 Å². The quantitative estimate of drug-likeness (QED) is 0.113. The van der Waals surface area contributed by atoms with E-state index < -0.39 is 0 Å². The SMILES string of the molecule is CC(C)(C)N(c1ccccc1)c1ccc2c(c1)c1ccccc1n2-c1ccccc1.CC(C)(C)N(c1ccccc1)c1ccc2oc3ccccc3c2c1.CC(C)(C)N(c1ccccc1)c1ccc2sc3ccccc3c2c1.CC(C)(C)N(c1ccccc1)c1cccc2c1oc1ccccc12.CC(C)(C)N(c1ccccc1)c1cccc2c1sc1ccccc12.CC(C)(C)N(c1ccccc1)c1ccccc1. The number of aromatic nitrogens is 1. The lowest BCUT2D eigenvalue weighted by Gasteiger charge is -2.38. The Hall–Kier alpha value is -15.4. The van der Waals surface area contributed by atoms with E-state index in [9.17, 15) is 0 Å². The number of furan rings is 2. The van der Waals surface area contributed by atoms with Crippen LogP contribution in [0.1, 0.15) is 125 Å². The molecule has 0 fully saturated rings. The van der Waals surface area contributed by atoms with Crippen LogP contribution >= 0.6 is 22.7 Å². The van der Waals surface area contributed by atoms with Crippen LogP contribution in [-0.2, 0) is 0 Å². The summed E-state index contributed by atoms with van der Waals surface area (Å²) in [5, 5.41) is 12.6. The zero-order valence-corrected chi connectivity index (χ0v) is 87.2. The zero-order valence-electron chi connectivity index (χ0n) is 85.6. The number of benzene rings is 18. The first-order valence-electron chi connectivity index (χ1n) is 49.7. The molecule has 0 aliphatic heterocycles. The Morgan fingerprint density at radius 1 is 0.182 bits per heavy atom. The van der Waals surface area contributed by atoms with E-state index in [1.807, 2.05) is 53.0 Å². The molecule has 143 heavy (non-hydrogen) atoms. The van der Waals surface area contributed by atoms with Gasteiger partial charge in [0.15, 0.2) is 5.58 Å². The Kier molecular flexibility index (Phi) is 28.3. The van der Waals surface area contributed by atoms with Crippen LogP contribution in [-0.4, -0.2) is 37.8 Å². The third-order valence-corrected chi connectivity index (χ3v) is 27.9. The Labute approximate surface area is 852 Å². The number of thiophene rings is 2. The normalized spacial score (nSPS) is 11.8. The van der Waals surface area contributed by atoms with Gasteiger partial charge in [-0.25, -0.2) is 0 Å². The van der Waals surface area contributed by atoms with Gasteiger partial charge in [-0.3, -0.25) is 0 Å². The van der Waals surface area contributed by atoms with Crippen molar-refractivity contribution < 1.29 is 8.83 Å². The van der Waals surface area contributed by atoms with Gasteiger partial charge in [0.05, 0.1) is 27.1 Å². The smallest absolute Gasteiger partial charge is 0.159 e. The minimum absolute atomic E-state index is 0.000848. The predicted molar refractivity (Wildman–Crippen MR) is 623 cm³/mol. The van der Waals surface area contributed by atoms with Crippen molar-refractivity contribution in [1.82, 2.24) is 4.57 Å². The Balaban J connectivity index is 0.000000114. The molecule has 0 saturated carbocycles. The highest BCUT2D eigenvalue weighted by molar-refractivity contribution is 7.26. The fraction of sp³-hybridized carbons (Fsp3) is 0.182. The van der Waals surface area contributed by atoms with Crippen molar-refractivity contribution in [2.45, 2.75) is 158 Å². The Bertz CT molecular complexity index is 7820. The van der Waals surface area contributed by atoms with E-state index in [0.717, 1.165) is 55.3 Å². The molecule has 0 saturated heterocycles. The lowest BCUT2D eigenvalue weighted by molar-refractivity contribution is 0.557. The molecule has 18 aromatic carbocycles. The molecule has 0 aliphatic carbocycles. The van der Waals surface area contributed by atoms with Crippen LogP contribution in [0.2, 0.25) is 0 Å². The van der Waals surface area contributed by atoms with E-state index in [1.54, 1.807) is 0 Å². The van der Waals surface area contributed by atoms with Crippen LogP contribution in [0, 0.1) is 0 Å². The summed E-state index contributed by atoms with van der Waals surface area (Å²) in [6.07, 6.45) is 0. The highest BCUT2D eigenvalue weighted by Gasteiger charge is 2.32. The third-order valence-electron chi connectivity index (χ3n) is 25.5. The lowest BCUT2D eigenvalue weighted by Crippen LogP contribution is -2.37. The summed E-state index contributed by atoms with van der Waals surface area (Å²) in [5.74, 6) is 0. The molecule has 0 spiro atoms. The van der Waals surface area contributed by atoms with Gasteiger partial charge in [0.1, 0.15) is 16.7 Å². The highest BCUT2D eigenvalue weighted by atomic mass is 32.1. The molecule has 0 amide bonds. The molecule has 716 valence electrons. The largest absolute Gasteiger partial charge is 0.456 e. The second-order valence-electron chi connectivity index (χ2n) is 42.3. The van der Waals surface area contributed by atoms with Crippen molar-refractivity contribution in [3.05, 3.63) is 455 Å². The maximum atomic E-state index is 6.24. The first kappa shape index (κ1) is 97.8. The van der Waals surface area contributed by atoms with Gasteiger partial charge in [-0.1, -0.05) is 261 Å². The molecule has 23 rings (SSSR count). The lowest BCUT2D eigenvalue weighted by atomic mass is 10.0. The highest BCUT2D eigenvalue weighted by Crippen LogP contribution is 2.49. The summed E-state index contributed by atoms with van der Waals surface area (Å²) in [4.78, 5) is 14.4. The molecule has 0 N–H and O–H groups in total. The number of hydrogen-bond donors (Lipinski definition) is 0. The van der Waals surface area contributed by atoms with E-state index in [4.69, 9.17) is 8.83 Å². The topological polar surface area (TPSA) is 50.7 Å². The van der Waals surface area contributed by atoms with Gasteiger partial charge in [-0.15, -0.1) is 22.7 Å². The molecular weight excluding hydrogens is 1780 g/mol. The van der Waals surface area contributed by atoms with Gasteiger partial charge in [-0.05, 0) is 319 Å². The van der Waals surface area contributed by atoms with Crippen molar-refractivity contribution >= 4 is 197 Å². The van der Waals surface area contributed by atoms with Crippen LogP contribution in [0.5, 0.6) is 0 Å². The number of fused-ring (bicyclic) bond motifs is 15. The van der Waals surface area contributed by atoms with Gasteiger partial charge in [0.2, 0.25) is 0 Å². The van der Waals surface area contributed by atoms with E-state index in [2.05, 4.69) is 583 Å². The minimum atomic E-state index is -0.0748. The van der Waals surface area contributed by atoms with Gasteiger partial charge in [0, 0.05) is 164 Å². The summed E-state index contributed by atoms with van der Waals surface area (Å²) in [6, 6.07) is 160. The van der Waals surface area contributed by atoms with Crippen LogP contribution in [0.15, 0.2) is 464 Å². The molecular formula is C132H129N7O2S2. The second kappa shape index (κ2) is 41.4. The average Bonchev–Trinajstić information content (AvgIpc) is 1.60. The molecule has 0 unspecified atom stereocenters. The number of anilines is 12. The summed E-state index contributed by atoms with van der Waals surface area (Å²) in [5.41, 5.74) is 21.8. The number of hydrogen-bond acceptors (Lipinski definition) is 10. The van der Waals surface area contributed by atoms with Crippen molar-refractivity contribution in [3.8, 4) is 5.69 Å². The van der Waals surface area contributed by atoms with Crippen LogP contribution in [0.25, 0.3) is 112 Å². The van der Waals surface area contributed by atoms with Crippen molar-refractivity contribution in [1.29, 1.82) is 0 Å². The van der Waals surface area contributed by atoms with E-state index in [0.29, 0.717) is 0 Å². The van der Waals surface area contributed by atoms with Gasteiger partial charge < -0.3 is 42.8 Å². The van der Waals surface area contributed by atoms with Crippen LogP contribution in [0.4, 0.5) is 68.2 Å². The van der Waals surface area contributed by atoms with E-state index >= 15 is 0 Å². The maximum Gasteiger partial charge on any atom is 0.159 e. The van der Waals surface area contributed by atoms with E-state index in [1.165, 1.54) is 125 Å². The summed E-state index contributed by atoms with van der Waals surface area (Å²) in [6.45, 7) is 40.4. The maximum absolute atomic E-state index is 6.24. The van der Waals surface area contributed by atoms with Crippen LogP contribution in [0.3, 0.4) is 0 Å². The zero-order chi connectivity index (χ0) is 100.0. The van der Waals surface area contributed by atoms with Crippen LogP contribution < -0.4 is 29.4 Å². The molecule has 0 radical (unpaired) electrons. The molecule has 9 nitrogen and oxygen atoms in total. The molecule has 23 aromatic rings. The number of para-hydroxylation sites is 12. The fourth-order valence-electron chi connectivity index (χ4n) is 20.0. The van der Waals surface area contributed by atoms with Gasteiger partial charge >= 0.3 is 0 Å². The van der Waals surface area contributed by atoms with Gasteiger partial charge in [-0.2, -0.15) is 0 Å². The van der Waals surface area contributed by atoms with E-state index in [-0.39, 0.29) is 33.2 Å². The molecule has 0 bridgehead atoms. The van der Waals surface area contributed by atoms with Crippen molar-refractivity contribution in [3.63, 3.8) is 0 Å².